The van der Waals surface area contributed by atoms with Crippen molar-refractivity contribution >= 4 is 33.5 Å². The first-order valence-electron chi connectivity index (χ1n) is 5.02. The molecule has 0 radical (unpaired) electrons. The third-order valence-electron chi connectivity index (χ3n) is 1.89. The average Bonchev–Trinajstić information content (AvgIpc) is 2.11. The summed E-state index contributed by atoms with van der Waals surface area (Å²) in [5.41, 5.74) is 2.11. The maximum absolute atomic E-state index is 11.7. The van der Waals surface area contributed by atoms with E-state index >= 15 is 0 Å². The summed E-state index contributed by atoms with van der Waals surface area (Å²) in [6.07, 6.45) is 1.67. The number of nitrogens with zero attached hydrogens (tertiary/aromatic N) is 1. The van der Waals surface area contributed by atoms with Gasteiger partial charge in [-0.05, 0) is 51.0 Å². The molecule has 0 amide bonds. The SMILES string of the molecule is Cc1cc(Br)cc(C=N[S+]([O-])C(C)(C)C)c1. The molecule has 0 aliphatic rings. The highest BCUT2D eigenvalue weighted by atomic mass is 79.9. The van der Waals surface area contributed by atoms with Gasteiger partial charge in [0, 0.05) is 4.47 Å². The molecule has 16 heavy (non-hydrogen) atoms. The Balaban J connectivity index is 2.84. The molecule has 1 unspecified atom stereocenters. The van der Waals surface area contributed by atoms with E-state index in [4.69, 9.17) is 0 Å². The molecule has 0 N–H and O–H groups in total. The Morgan fingerprint density at radius 1 is 1.31 bits per heavy atom. The Hall–Kier alpha value is -0.320. The number of benzene rings is 1. The predicted octanol–water partition coefficient (Wildman–Crippen LogP) is 3.64. The van der Waals surface area contributed by atoms with Crippen molar-refractivity contribution in [1.29, 1.82) is 0 Å². The monoisotopic (exact) mass is 301 g/mol. The lowest BCUT2D eigenvalue weighted by Crippen LogP contribution is -2.25. The van der Waals surface area contributed by atoms with E-state index in [1.54, 1.807) is 6.21 Å². The van der Waals surface area contributed by atoms with Crippen molar-refractivity contribution in [1.82, 2.24) is 0 Å². The van der Waals surface area contributed by atoms with Crippen molar-refractivity contribution in [2.24, 2.45) is 4.40 Å². The molecule has 0 bridgehead atoms. The molecule has 0 aliphatic carbocycles. The molecule has 0 saturated carbocycles. The number of hydrogen-bond acceptors (Lipinski definition) is 2. The third kappa shape index (κ3) is 4.28. The molecule has 0 fully saturated rings. The van der Waals surface area contributed by atoms with Crippen LogP contribution in [-0.4, -0.2) is 15.5 Å². The molecule has 0 spiro atoms. The maximum Gasteiger partial charge on any atom is 0.144 e. The molecule has 4 heteroatoms. The smallest absolute Gasteiger partial charge is 0.144 e. The molecular formula is C12H16BrNOS. The fourth-order valence-corrected chi connectivity index (χ4v) is 2.27. The Morgan fingerprint density at radius 2 is 1.94 bits per heavy atom. The number of halogens is 1. The van der Waals surface area contributed by atoms with Gasteiger partial charge in [-0.3, -0.25) is 0 Å². The summed E-state index contributed by atoms with van der Waals surface area (Å²) in [7, 11) is 0. The highest BCUT2D eigenvalue weighted by molar-refractivity contribution is 9.10. The summed E-state index contributed by atoms with van der Waals surface area (Å²) in [5, 5.41) is 0. The van der Waals surface area contributed by atoms with Crippen LogP contribution in [0.3, 0.4) is 0 Å². The molecule has 0 aromatic heterocycles. The first kappa shape index (κ1) is 13.7. The van der Waals surface area contributed by atoms with Crippen LogP contribution in [0.5, 0.6) is 0 Å². The summed E-state index contributed by atoms with van der Waals surface area (Å²) in [6.45, 7) is 7.74. The second kappa shape index (κ2) is 5.34. The summed E-state index contributed by atoms with van der Waals surface area (Å²) < 4.78 is 16.5. The summed E-state index contributed by atoms with van der Waals surface area (Å²) >= 11 is 2.23. The van der Waals surface area contributed by atoms with Crippen LogP contribution in [0.15, 0.2) is 27.1 Å². The van der Waals surface area contributed by atoms with Crippen LogP contribution in [0.2, 0.25) is 0 Å². The highest BCUT2D eigenvalue weighted by Gasteiger charge is 2.25. The van der Waals surface area contributed by atoms with Crippen molar-refractivity contribution in [3.8, 4) is 0 Å². The summed E-state index contributed by atoms with van der Waals surface area (Å²) in [6, 6.07) is 5.99. The normalized spacial score (nSPS) is 14.4. The van der Waals surface area contributed by atoms with Crippen molar-refractivity contribution < 1.29 is 4.55 Å². The fourth-order valence-electron chi connectivity index (χ4n) is 1.11. The van der Waals surface area contributed by atoms with Gasteiger partial charge in [-0.1, -0.05) is 26.4 Å². The molecule has 0 heterocycles. The summed E-state index contributed by atoms with van der Waals surface area (Å²) in [5.74, 6) is 0. The van der Waals surface area contributed by atoms with Crippen LogP contribution < -0.4 is 0 Å². The largest absolute Gasteiger partial charge is 0.591 e. The van der Waals surface area contributed by atoms with Gasteiger partial charge in [-0.15, -0.1) is 0 Å². The zero-order valence-electron chi connectivity index (χ0n) is 9.95. The second-order valence-corrected chi connectivity index (χ2v) is 7.51. The van der Waals surface area contributed by atoms with E-state index in [0.717, 1.165) is 15.6 Å². The lowest BCUT2D eigenvalue weighted by atomic mass is 10.2. The molecule has 1 rings (SSSR count). The topological polar surface area (TPSA) is 35.4 Å². The van der Waals surface area contributed by atoms with Gasteiger partial charge in [0.05, 0.1) is 6.21 Å². The Bertz CT molecular complexity index is 378. The molecule has 1 aromatic carbocycles. The second-order valence-electron chi connectivity index (χ2n) is 4.66. The minimum atomic E-state index is -1.20. The van der Waals surface area contributed by atoms with Crippen LogP contribution >= 0.6 is 15.9 Å². The standard InChI is InChI=1S/C12H16BrNOS/c1-9-5-10(7-11(13)6-9)8-14-16(15)12(2,3)4/h5-8H,1-4H3. The van der Waals surface area contributed by atoms with E-state index in [0.29, 0.717) is 0 Å². The van der Waals surface area contributed by atoms with E-state index in [9.17, 15) is 4.55 Å². The predicted molar refractivity (Wildman–Crippen MR) is 74.4 cm³/mol. The van der Waals surface area contributed by atoms with Gasteiger partial charge in [0.15, 0.2) is 0 Å². The number of hydrogen-bond donors (Lipinski definition) is 0. The molecule has 88 valence electrons. The Labute approximate surface area is 109 Å². The number of rotatable bonds is 2. The minimum Gasteiger partial charge on any atom is -0.591 e. The lowest BCUT2D eigenvalue weighted by molar-refractivity contribution is 0.562. The van der Waals surface area contributed by atoms with Crippen LogP contribution in [0, 0.1) is 6.92 Å². The van der Waals surface area contributed by atoms with E-state index in [1.807, 2.05) is 45.9 Å². The zero-order valence-corrected chi connectivity index (χ0v) is 12.4. The average molecular weight is 302 g/mol. The molecule has 1 aromatic rings. The number of aryl methyl sites for hydroxylation is 1. The zero-order chi connectivity index (χ0) is 12.3. The van der Waals surface area contributed by atoms with Gasteiger partial charge in [0.25, 0.3) is 0 Å². The highest BCUT2D eigenvalue weighted by Crippen LogP contribution is 2.18. The van der Waals surface area contributed by atoms with Crippen molar-refractivity contribution in [2.75, 3.05) is 0 Å². The van der Waals surface area contributed by atoms with Crippen molar-refractivity contribution in [3.63, 3.8) is 0 Å². The van der Waals surface area contributed by atoms with E-state index in [-0.39, 0.29) is 4.75 Å². The molecule has 2 nitrogen and oxygen atoms in total. The first-order chi connectivity index (χ1) is 7.29. The van der Waals surface area contributed by atoms with Crippen LogP contribution in [-0.2, 0) is 11.4 Å². The molecule has 1 atom stereocenters. The van der Waals surface area contributed by atoms with Crippen LogP contribution in [0.4, 0.5) is 0 Å². The Kier molecular flexibility index (Phi) is 4.59. The summed E-state index contributed by atoms with van der Waals surface area (Å²) in [4.78, 5) is 0. The molecular weight excluding hydrogens is 286 g/mol. The van der Waals surface area contributed by atoms with Crippen molar-refractivity contribution in [2.45, 2.75) is 32.4 Å². The van der Waals surface area contributed by atoms with E-state index < -0.39 is 11.4 Å². The van der Waals surface area contributed by atoms with Gasteiger partial charge >= 0.3 is 0 Å². The van der Waals surface area contributed by atoms with Gasteiger partial charge in [0.2, 0.25) is 0 Å². The molecule has 0 aliphatic heterocycles. The van der Waals surface area contributed by atoms with Gasteiger partial charge in [-0.25, -0.2) is 0 Å². The third-order valence-corrected chi connectivity index (χ3v) is 3.69. The Morgan fingerprint density at radius 3 is 2.44 bits per heavy atom. The van der Waals surface area contributed by atoms with Gasteiger partial charge in [0.1, 0.15) is 16.1 Å². The quantitative estimate of drug-likeness (QED) is 0.607. The van der Waals surface area contributed by atoms with Gasteiger partial charge < -0.3 is 4.55 Å². The fraction of sp³-hybridized carbons (Fsp3) is 0.417. The molecule has 0 saturated heterocycles. The van der Waals surface area contributed by atoms with E-state index in [1.165, 1.54) is 0 Å². The lowest BCUT2D eigenvalue weighted by Gasteiger charge is -2.17. The van der Waals surface area contributed by atoms with Crippen molar-refractivity contribution in [3.05, 3.63) is 33.8 Å². The van der Waals surface area contributed by atoms with E-state index in [2.05, 4.69) is 20.3 Å². The minimum absolute atomic E-state index is 0.308. The van der Waals surface area contributed by atoms with Crippen LogP contribution in [0.1, 0.15) is 31.9 Å². The van der Waals surface area contributed by atoms with Gasteiger partial charge in [-0.2, -0.15) is 0 Å². The van der Waals surface area contributed by atoms with Crippen LogP contribution in [0.25, 0.3) is 0 Å². The maximum atomic E-state index is 11.7. The first-order valence-corrected chi connectivity index (χ1v) is 6.92.